The molecule has 2 unspecified atom stereocenters. The lowest BCUT2D eigenvalue weighted by molar-refractivity contribution is -0.139. The highest BCUT2D eigenvalue weighted by molar-refractivity contribution is 7.92. The summed E-state index contributed by atoms with van der Waals surface area (Å²) >= 11 is 0. The highest BCUT2D eigenvalue weighted by atomic mass is 32.2. The molecule has 2 atom stereocenters. The van der Waals surface area contributed by atoms with Crippen molar-refractivity contribution in [2.45, 2.75) is 48.3 Å². The lowest BCUT2D eigenvalue weighted by atomic mass is 9.88. The van der Waals surface area contributed by atoms with Gasteiger partial charge in [-0.25, -0.2) is 8.42 Å². The van der Waals surface area contributed by atoms with E-state index < -0.39 is 27.1 Å². The van der Waals surface area contributed by atoms with Crippen molar-refractivity contribution in [3.63, 3.8) is 0 Å². The highest BCUT2D eigenvalue weighted by Gasteiger charge is 2.33. The summed E-state index contributed by atoms with van der Waals surface area (Å²) in [6.45, 7) is 6.75. The van der Waals surface area contributed by atoms with E-state index >= 15 is 0 Å². The van der Waals surface area contributed by atoms with Gasteiger partial charge in [-0.2, -0.15) is 0 Å². The predicted molar refractivity (Wildman–Crippen MR) is 114 cm³/mol. The van der Waals surface area contributed by atoms with E-state index in [1.165, 1.54) is 18.9 Å². The molecule has 0 amide bonds. The smallest absolute Gasteiger partial charge is 0.310 e. The van der Waals surface area contributed by atoms with Crippen LogP contribution < -0.4 is 0 Å². The summed E-state index contributed by atoms with van der Waals surface area (Å²) in [6.07, 6.45) is 6.63. The van der Waals surface area contributed by atoms with Gasteiger partial charge in [-0.3, -0.25) is 9.69 Å². The Labute approximate surface area is 174 Å². The molecule has 1 aliphatic heterocycles. The fourth-order valence-corrected chi connectivity index (χ4v) is 6.19. The lowest BCUT2D eigenvalue weighted by Crippen LogP contribution is -2.50. The number of aliphatic carboxylic acids is 1. The van der Waals surface area contributed by atoms with Gasteiger partial charge < -0.3 is 10.0 Å². The van der Waals surface area contributed by atoms with Crippen molar-refractivity contribution < 1.29 is 18.3 Å². The number of hydrogen-bond donors (Lipinski definition) is 1. The summed E-state index contributed by atoms with van der Waals surface area (Å²) in [5.74, 6) is -0.974. The first-order chi connectivity index (χ1) is 13.8. The summed E-state index contributed by atoms with van der Waals surface area (Å²) in [6, 6.07) is 6.46. The number of nitrogens with zero attached hydrogens (tertiary/aromatic N) is 2. The van der Waals surface area contributed by atoms with Crippen LogP contribution in [0.15, 0.2) is 41.8 Å². The van der Waals surface area contributed by atoms with Crippen LogP contribution in [-0.4, -0.2) is 67.9 Å². The van der Waals surface area contributed by atoms with Crippen molar-refractivity contribution in [3.8, 4) is 0 Å². The van der Waals surface area contributed by atoms with E-state index in [0.29, 0.717) is 31.0 Å². The molecule has 7 heteroatoms. The van der Waals surface area contributed by atoms with E-state index in [0.717, 1.165) is 25.9 Å². The van der Waals surface area contributed by atoms with E-state index in [4.69, 9.17) is 0 Å². The van der Waals surface area contributed by atoms with Crippen LogP contribution in [0.4, 0.5) is 0 Å². The molecule has 0 radical (unpaired) electrons. The Bertz CT molecular complexity index is 808. The van der Waals surface area contributed by atoms with Crippen LogP contribution >= 0.6 is 0 Å². The largest absolute Gasteiger partial charge is 0.481 e. The molecule has 160 valence electrons. The zero-order valence-electron chi connectivity index (χ0n) is 17.2. The SMILES string of the molecule is C=CC(N1CCN(C)CC1)S(=O)(=O)c1ccc(C(CC2CCCC2)C(=O)O)cc1. The molecule has 1 aromatic rings. The number of rotatable bonds is 8. The summed E-state index contributed by atoms with van der Waals surface area (Å²) in [5, 5.41) is 8.92. The molecular formula is C22H32N2O4S. The third-order valence-corrected chi connectivity index (χ3v) is 8.43. The number of benzene rings is 1. The van der Waals surface area contributed by atoms with Gasteiger partial charge in [-0.1, -0.05) is 43.9 Å². The van der Waals surface area contributed by atoms with Crippen LogP contribution in [0.3, 0.4) is 0 Å². The molecule has 2 aliphatic rings. The number of likely N-dealkylation sites (N-methyl/N-ethyl adjacent to an activating group) is 1. The minimum absolute atomic E-state index is 0.218. The monoisotopic (exact) mass is 420 g/mol. The molecule has 0 spiro atoms. The number of piperazine rings is 1. The Kier molecular flexibility index (Phi) is 7.14. The van der Waals surface area contributed by atoms with E-state index in [2.05, 4.69) is 11.5 Å². The normalized spacial score (nSPS) is 21.7. The fraction of sp³-hybridized carbons (Fsp3) is 0.591. The second kappa shape index (κ2) is 9.41. The lowest BCUT2D eigenvalue weighted by Gasteiger charge is -2.36. The van der Waals surface area contributed by atoms with Crippen molar-refractivity contribution in [1.29, 1.82) is 0 Å². The Morgan fingerprint density at radius 1 is 1.17 bits per heavy atom. The minimum atomic E-state index is -3.61. The van der Waals surface area contributed by atoms with Gasteiger partial charge in [0.2, 0.25) is 0 Å². The van der Waals surface area contributed by atoms with Gasteiger partial charge in [0, 0.05) is 26.2 Å². The molecule has 2 fully saturated rings. The predicted octanol–water partition coefficient (Wildman–Crippen LogP) is 2.97. The molecule has 0 bridgehead atoms. The first-order valence-corrected chi connectivity index (χ1v) is 12.0. The third kappa shape index (κ3) is 5.08. The maximum Gasteiger partial charge on any atom is 0.310 e. The average Bonchev–Trinajstić information content (AvgIpc) is 3.21. The summed E-state index contributed by atoms with van der Waals surface area (Å²) < 4.78 is 26.4. The van der Waals surface area contributed by atoms with E-state index in [1.807, 2.05) is 11.9 Å². The first kappa shape index (κ1) is 22.0. The maximum atomic E-state index is 13.2. The molecule has 1 saturated carbocycles. The topological polar surface area (TPSA) is 77.9 Å². The van der Waals surface area contributed by atoms with E-state index in [-0.39, 0.29) is 4.90 Å². The maximum absolute atomic E-state index is 13.2. The van der Waals surface area contributed by atoms with Gasteiger partial charge in [0.15, 0.2) is 9.84 Å². The molecule has 6 nitrogen and oxygen atoms in total. The first-order valence-electron chi connectivity index (χ1n) is 10.4. The zero-order valence-corrected chi connectivity index (χ0v) is 18.0. The third-order valence-electron chi connectivity index (χ3n) is 6.37. The molecule has 29 heavy (non-hydrogen) atoms. The second-order valence-electron chi connectivity index (χ2n) is 8.36. The zero-order chi connectivity index (χ0) is 21.0. The molecule has 1 heterocycles. The van der Waals surface area contributed by atoms with Crippen molar-refractivity contribution in [1.82, 2.24) is 9.80 Å². The van der Waals surface area contributed by atoms with Gasteiger partial charge in [0.05, 0.1) is 10.8 Å². The van der Waals surface area contributed by atoms with Crippen LogP contribution in [0.2, 0.25) is 0 Å². The van der Waals surface area contributed by atoms with Crippen molar-refractivity contribution >= 4 is 15.8 Å². The molecule has 3 rings (SSSR count). The van der Waals surface area contributed by atoms with Gasteiger partial charge in [0.1, 0.15) is 5.37 Å². The number of carbonyl (C=O) groups is 1. The minimum Gasteiger partial charge on any atom is -0.481 e. The molecule has 0 aromatic heterocycles. The molecule has 1 aromatic carbocycles. The van der Waals surface area contributed by atoms with Crippen LogP contribution in [0.1, 0.15) is 43.6 Å². The Morgan fingerprint density at radius 2 is 1.76 bits per heavy atom. The standard InChI is InChI=1S/C22H32N2O4S/c1-3-21(24-14-12-23(2)13-15-24)29(27,28)19-10-8-18(9-11-19)20(22(25)26)16-17-6-4-5-7-17/h3,8-11,17,20-21H,1,4-7,12-16H2,2H3,(H,25,26). The van der Waals surface area contributed by atoms with Crippen molar-refractivity contribution in [3.05, 3.63) is 42.5 Å². The van der Waals surface area contributed by atoms with E-state index in [1.54, 1.807) is 24.3 Å². The number of hydrogen-bond acceptors (Lipinski definition) is 5. The summed E-state index contributed by atoms with van der Waals surface area (Å²) in [7, 11) is -1.59. The van der Waals surface area contributed by atoms with Crippen LogP contribution in [-0.2, 0) is 14.6 Å². The van der Waals surface area contributed by atoms with Crippen molar-refractivity contribution in [2.75, 3.05) is 33.2 Å². The summed E-state index contributed by atoms with van der Waals surface area (Å²) in [5.41, 5.74) is 0.679. The van der Waals surface area contributed by atoms with E-state index in [9.17, 15) is 18.3 Å². The van der Waals surface area contributed by atoms with Crippen LogP contribution in [0.25, 0.3) is 0 Å². The van der Waals surface area contributed by atoms with Gasteiger partial charge in [-0.15, -0.1) is 6.58 Å². The second-order valence-corrected chi connectivity index (χ2v) is 10.4. The molecule has 1 aliphatic carbocycles. The Morgan fingerprint density at radius 3 is 2.28 bits per heavy atom. The molecule has 1 saturated heterocycles. The van der Waals surface area contributed by atoms with Gasteiger partial charge in [-0.05, 0) is 37.1 Å². The Hall–Kier alpha value is -1.70. The fourth-order valence-electron chi connectivity index (χ4n) is 4.54. The highest BCUT2D eigenvalue weighted by Crippen LogP contribution is 2.35. The number of carboxylic acids is 1. The average molecular weight is 421 g/mol. The molecular weight excluding hydrogens is 388 g/mol. The van der Waals surface area contributed by atoms with Gasteiger partial charge in [0.25, 0.3) is 0 Å². The van der Waals surface area contributed by atoms with Crippen molar-refractivity contribution in [2.24, 2.45) is 5.92 Å². The van der Waals surface area contributed by atoms with Crippen LogP contribution in [0, 0.1) is 5.92 Å². The molecule has 1 N–H and O–H groups in total. The summed E-state index contributed by atoms with van der Waals surface area (Å²) in [4.78, 5) is 16.1. The quantitative estimate of drug-likeness (QED) is 0.652. The van der Waals surface area contributed by atoms with Gasteiger partial charge >= 0.3 is 5.97 Å². The van der Waals surface area contributed by atoms with Crippen LogP contribution in [0.5, 0.6) is 0 Å². The Balaban J connectivity index is 1.77. The number of sulfone groups is 1. The number of carboxylic acid groups (broad SMARTS) is 1.